The van der Waals surface area contributed by atoms with E-state index in [1.54, 1.807) is 26.0 Å². The molecule has 0 unspecified atom stereocenters. The molecule has 0 aliphatic carbocycles. The molecule has 2 heterocycles. The Morgan fingerprint density at radius 2 is 2.00 bits per heavy atom. The first-order valence-corrected chi connectivity index (χ1v) is 9.39. The molecular weight excluding hydrogens is 380 g/mol. The highest BCUT2D eigenvalue weighted by molar-refractivity contribution is 5.96. The monoisotopic (exact) mass is 401 g/mol. The van der Waals surface area contributed by atoms with E-state index in [-0.39, 0.29) is 11.7 Å². The number of ether oxygens (including phenoxy) is 1. The lowest BCUT2D eigenvalue weighted by Crippen LogP contribution is -2.43. The van der Waals surface area contributed by atoms with Crippen LogP contribution >= 0.6 is 0 Å². The summed E-state index contributed by atoms with van der Waals surface area (Å²) in [6.45, 7) is 3.50. The van der Waals surface area contributed by atoms with Crippen LogP contribution in [0.5, 0.6) is 5.75 Å². The van der Waals surface area contributed by atoms with Crippen LogP contribution in [0.1, 0.15) is 43.9 Å². The Bertz CT molecular complexity index is 1010. The van der Waals surface area contributed by atoms with Gasteiger partial charge >= 0.3 is 6.03 Å². The third-order valence-electron chi connectivity index (χ3n) is 5.10. The number of carbonyl (C=O) groups is 2. The Labute approximate surface area is 166 Å². The van der Waals surface area contributed by atoms with Crippen LogP contribution in [0.15, 0.2) is 30.3 Å². The molecule has 0 fully saturated rings. The van der Waals surface area contributed by atoms with Gasteiger partial charge in [-0.1, -0.05) is 12.1 Å². The number of halogens is 2. The van der Waals surface area contributed by atoms with E-state index in [0.29, 0.717) is 36.2 Å². The third-order valence-corrected chi connectivity index (χ3v) is 5.10. The lowest BCUT2D eigenvalue weighted by molar-refractivity contribution is -0.116. The van der Waals surface area contributed by atoms with Gasteiger partial charge in [-0.3, -0.25) is 4.79 Å². The maximum Gasteiger partial charge on any atom is 0.319 e. The number of anilines is 2. The molecule has 6 nitrogen and oxygen atoms in total. The Balaban J connectivity index is 1.53. The Kier molecular flexibility index (Phi) is 4.64. The Morgan fingerprint density at radius 1 is 1.21 bits per heavy atom. The van der Waals surface area contributed by atoms with E-state index in [2.05, 4.69) is 16.0 Å². The number of carbonyl (C=O) groups excluding carboxylic acids is 2. The Morgan fingerprint density at radius 3 is 2.79 bits per heavy atom. The summed E-state index contributed by atoms with van der Waals surface area (Å²) in [4.78, 5) is 24.1. The first-order chi connectivity index (χ1) is 13.7. The molecule has 0 aromatic heterocycles. The van der Waals surface area contributed by atoms with Gasteiger partial charge < -0.3 is 20.7 Å². The predicted molar refractivity (Wildman–Crippen MR) is 104 cm³/mol. The van der Waals surface area contributed by atoms with Crippen molar-refractivity contribution in [2.24, 2.45) is 0 Å². The standard InChI is InChI=1S/C21H21F2N3O3/c1-21(2)10-16(13-6-7-14(22)18(23)19(13)29-21)26-20(28)24-12-5-3-11-4-8-17(27)25-15(11)9-12/h3,5-7,9,16H,4,8,10H2,1-2H3,(H,25,27)(H2,24,26,28)/t16-/m1/s1. The molecule has 0 saturated heterocycles. The number of aryl methyl sites for hydroxylation is 1. The SMILES string of the molecule is CC1(C)C[C@@H](NC(=O)Nc2ccc3c(c2)NC(=O)CC3)c2ccc(F)c(F)c2O1. The fraction of sp³-hybridized carbons (Fsp3) is 0.333. The van der Waals surface area contributed by atoms with Crippen LogP contribution in [-0.2, 0) is 11.2 Å². The summed E-state index contributed by atoms with van der Waals surface area (Å²) in [6.07, 6.45) is 1.48. The van der Waals surface area contributed by atoms with E-state index in [1.165, 1.54) is 6.07 Å². The van der Waals surface area contributed by atoms with E-state index in [1.807, 2.05) is 6.07 Å². The summed E-state index contributed by atoms with van der Waals surface area (Å²) in [5, 5.41) is 8.32. The number of rotatable bonds is 2. The largest absolute Gasteiger partial charge is 0.484 e. The van der Waals surface area contributed by atoms with Crippen LogP contribution in [0, 0.1) is 11.6 Å². The van der Waals surface area contributed by atoms with Gasteiger partial charge in [-0.05, 0) is 44.0 Å². The van der Waals surface area contributed by atoms with Crippen LogP contribution < -0.4 is 20.7 Å². The predicted octanol–water partition coefficient (Wildman–Crippen LogP) is 4.27. The molecule has 2 aliphatic heterocycles. The van der Waals surface area contributed by atoms with Crippen molar-refractivity contribution < 1.29 is 23.1 Å². The molecule has 3 amide bonds. The van der Waals surface area contributed by atoms with E-state index >= 15 is 0 Å². The topological polar surface area (TPSA) is 79.5 Å². The molecule has 1 atom stereocenters. The van der Waals surface area contributed by atoms with Crippen molar-refractivity contribution in [1.82, 2.24) is 5.32 Å². The summed E-state index contributed by atoms with van der Waals surface area (Å²) < 4.78 is 33.4. The van der Waals surface area contributed by atoms with E-state index in [9.17, 15) is 18.4 Å². The van der Waals surface area contributed by atoms with Gasteiger partial charge in [0.05, 0.1) is 6.04 Å². The highest BCUT2D eigenvalue weighted by Crippen LogP contribution is 2.41. The van der Waals surface area contributed by atoms with Gasteiger partial charge in [-0.25, -0.2) is 9.18 Å². The highest BCUT2D eigenvalue weighted by atomic mass is 19.2. The minimum atomic E-state index is -1.06. The molecule has 8 heteroatoms. The average Bonchev–Trinajstić information content (AvgIpc) is 2.64. The van der Waals surface area contributed by atoms with Crippen LogP contribution in [-0.4, -0.2) is 17.5 Å². The molecule has 0 spiro atoms. The quantitative estimate of drug-likeness (QED) is 0.703. The molecule has 3 N–H and O–H groups in total. The van der Waals surface area contributed by atoms with Crippen molar-refractivity contribution in [3.63, 3.8) is 0 Å². The molecule has 152 valence electrons. The van der Waals surface area contributed by atoms with Crippen molar-refractivity contribution in [3.8, 4) is 5.75 Å². The molecule has 0 bridgehead atoms. The van der Waals surface area contributed by atoms with Crippen LogP contribution in [0.3, 0.4) is 0 Å². The van der Waals surface area contributed by atoms with Crippen molar-refractivity contribution in [2.45, 2.75) is 44.8 Å². The smallest absolute Gasteiger partial charge is 0.319 e. The minimum absolute atomic E-state index is 0.0607. The number of amides is 3. The Hall–Kier alpha value is -3.16. The van der Waals surface area contributed by atoms with Gasteiger partial charge in [-0.2, -0.15) is 4.39 Å². The van der Waals surface area contributed by atoms with Crippen LogP contribution in [0.4, 0.5) is 25.0 Å². The maximum absolute atomic E-state index is 14.2. The summed E-state index contributed by atoms with van der Waals surface area (Å²) in [5.74, 6) is -2.30. The van der Waals surface area contributed by atoms with Gasteiger partial charge in [-0.15, -0.1) is 0 Å². The number of benzene rings is 2. The number of fused-ring (bicyclic) bond motifs is 2. The number of hydrogen-bond acceptors (Lipinski definition) is 3. The van der Waals surface area contributed by atoms with Crippen LogP contribution in [0.2, 0.25) is 0 Å². The lowest BCUT2D eigenvalue weighted by atomic mass is 9.89. The number of nitrogens with one attached hydrogen (secondary N) is 3. The first kappa shape index (κ1) is 19.2. The fourth-order valence-electron chi connectivity index (χ4n) is 3.75. The molecule has 2 aliphatic rings. The minimum Gasteiger partial charge on any atom is -0.484 e. The fourth-order valence-corrected chi connectivity index (χ4v) is 3.75. The normalized spacial score (nSPS) is 19.3. The van der Waals surface area contributed by atoms with E-state index in [0.717, 1.165) is 11.6 Å². The van der Waals surface area contributed by atoms with Crippen molar-refractivity contribution >= 4 is 23.3 Å². The second-order valence-electron chi connectivity index (χ2n) is 7.92. The second-order valence-corrected chi connectivity index (χ2v) is 7.92. The summed E-state index contributed by atoms with van der Waals surface area (Å²) in [6, 6.07) is 6.70. The van der Waals surface area contributed by atoms with Gasteiger partial charge in [0.25, 0.3) is 0 Å². The third kappa shape index (κ3) is 3.87. The molecule has 0 radical (unpaired) electrons. The molecule has 2 aromatic rings. The molecule has 29 heavy (non-hydrogen) atoms. The molecule has 4 rings (SSSR count). The van der Waals surface area contributed by atoms with Crippen molar-refractivity contribution in [2.75, 3.05) is 10.6 Å². The first-order valence-electron chi connectivity index (χ1n) is 9.39. The zero-order chi connectivity index (χ0) is 20.8. The van der Waals surface area contributed by atoms with Gasteiger partial charge in [0.15, 0.2) is 11.6 Å². The summed E-state index contributed by atoms with van der Waals surface area (Å²) >= 11 is 0. The van der Waals surface area contributed by atoms with Gasteiger partial charge in [0.1, 0.15) is 5.60 Å². The number of urea groups is 1. The molecular formula is C21H21F2N3O3. The van der Waals surface area contributed by atoms with Gasteiger partial charge in [0.2, 0.25) is 11.7 Å². The summed E-state index contributed by atoms with van der Waals surface area (Å²) in [7, 11) is 0. The van der Waals surface area contributed by atoms with Crippen LogP contribution in [0.25, 0.3) is 0 Å². The zero-order valence-electron chi connectivity index (χ0n) is 16.1. The number of hydrogen-bond donors (Lipinski definition) is 3. The summed E-state index contributed by atoms with van der Waals surface area (Å²) in [5.41, 5.74) is 1.80. The van der Waals surface area contributed by atoms with E-state index < -0.39 is 29.3 Å². The second kappa shape index (κ2) is 7.02. The highest BCUT2D eigenvalue weighted by Gasteiger charge is 2.37. The zero-order valence-corrected chi connectivity index (χ0v) is 16.1. The lowest BCUT2D eigenvalue weighted by Gasteiger charge is -2.38. The average molecular weight is 401 g/mol. The van der Waals surface area contributed by atoms with Gasteiger partial charge in [0, 0.05) is 29.8 Å². The van der Waals surface area contributed by atoms with Crippen molar-refractivity contribution in [3.05, 3.63) is 53.1 Å². The van der Waals surface area contributed by atoms with E-state index in [4.69, 9.17) is 4.74 Å². The molecule has 2 aromatic carbocycles. The maximum atomic E-state index is 14.2. The van der Waals surface area contributed by atoms with Crippen molar-refractivity contribution in [1.29, 1.82) is 0 Å². The molecule has 0 saturated carbocycles.